The maximum atomic E-state index is 11.9. The highest BCUT2D eigenvalue weighted by Gasteiger charge is 2.30. The van der Waals surface area contributed by atoms with Crippen LogP contribution in [0.25, 0.3) is 189 Å². The van der Waals surface area contributed by atoms with E-state index in [2.05, 4.69) is 144 Å². The molecule has 5 aromatic carbocycles. The zero-order chi connectivity index (χ0) is 97.0. The number of thiazole rings is 7. The van der Waals surface area contributed by atoms with Crippen LogP contribution >= 0.6 is 79.4 Å². The average molecular weight is 2020 g/mol. The SMILES string of the molecule is Cc1[nH]n2ccc(=O)cc2c1-c1nc(-c2ccccc2)c(-c2ncn[nH]2)s1.Cc1nc(-c2sc(-c3c(C)nn4ccsc34)nc2-c2ccccc2)n[nH]1.Cc1nn2ccc(OCCN3CCCCC3)cc2c1-c1nc(-c2ccccc2)c(-c2ncn[nH]2)s1.Cc1nn2ccc(OCCO)cc2c1-c1nc(-c2ccccc2)c(-c2ncn[nH]2)s1.Cc1nn2ccsc2c1-c1nc(-c2ccccc2)c(-c2ncn[nH]2)s1. The molecule has 20 aromatic heterocycles. The van der Waals surface area contributed by atoms with Gasteiger partial charge in [0.2, 0.25) is 0 Å². The third-order valence-electron chi connectivity index (χ3n) is 23.5. The van der Waals surface area contributed by atoms with Crippen molar-refractivity contribution in [3.05, 3.63) is 300 Å². The molecular formula is C101H85N31O4S7. The molecule has 42 heteroatoms. The topological polar surface area (TPSA) is 421 Å². The minimum absolute atomic E-state index is 0.0365. The first-order valence-corrected chi connectivity index (χ1v) is 51.3. The quantitative estimate of drug-likeness (QED) is 0.0331. The van der Waals surface area contributed by atoms with Gasteiger partial charge in [-0.3, -0.25) is 44.8 Å². The first-order chi connectivity index (χ1) is 70.2. The van der Waals surface area contributed by atoms with Crippen LogP contribution in [0.5, 0.6) is 11.5 Å². The number of piperidine rings is 1. The number of hydrogen-bond donors (Lipinski definition) is 7. The molecule has 0 aliphatic carbocycles. The van der Waals surface area contributed by atoms with Crippen LogP contribution in [0.2, 0.25) is 0 Å². The van der Waals surface area contributed by atoms with E-state index in [9.17, 15) is 4.79 Å². The highest BCUT2D eigenvalue weighted by atomic mass is 32.1. The van der Waals surface area contributed by atoms with Crippen molar-refractivity contribution in [2.24, 2.45) is 0 Å². The zero-order valence-electron chi connectivity index (χ0n) is 77.3. The number of benzene rings is 5. The lowest BCUT2D eigenvalue weighted by molar-refractivity contribution is 0.183. The fourth-order valence-corrected chi connectivity index (χ4v) is 24.5. The summed E-state index contributed by atoms with van der Waals surface area (Å²) in [5, 5.41) is 74.5. The molecule has 0 saturated carbocycles. The Balaban J connectivity index is 0.000000103. The van der Waals surface area contributed by atoms with Gasteiger partial charge >= 0.3 is 0 Å². The molecule has 0 radical (unpaired) electrons. The lowest BCUT2D eigenvalue weighted by atomic mass is 10.1. The van der Waals surface area contributed by atoms with Crippen LogP contribution in [0, 0.1) is 41.5 Å². The lowest BCUT2D eigenvalue weighted by Gasteiger charge is -2.26. The number of aromatic amines is 6. The van der Waals surface area contributed by atoms with Gasteiger partial charge in [-0.25, -0.2) is 67.9 Å². The second-order valence-electron chi connectivity index (χ2n) is 33.0. The predicted molar refractivity (Wildman–Crippen MR) is 561 cm³/mol. The molecule has 0 spiro atoms. The summed E-state index contributed by atoms with van der Waals surface area (Å²) in [7, 11) is 0. The molecule has 1 aliphatic heterocycles. The van der Waals surface area contributed by atoms with E-state index in [0.29, 0.717) is 35.7 Å². The highest BCUT2D eigenvalue weighted by Crippen LogP contribution is 2.49. The number of hydrogen-bond acceptors (Lipinski definition) is 31. The van der Waals surface area contributed by atoms with E-state index in [4.69, 9.17) is 44.6 Å². The van der Waals surface area contributed by atoms with Crippen LogP contribution in [-0.2, 0) is 0 Å². The number of aliphatic hydroxyl groups excluding tert-OH is 1. The Bertz CT molecular complexity index is 8720. The average Bonchev–Trinajstić information content (AvgIpc) is 1.62. The van der Waals surface area contributed by atoms with Gasteiger partial charge in [0.15, 0.2) is 34.6 Å². The van der Waals surface area contributed by atoms with Gasteiger partial charge in [-0.15, -0.1) is 79.4 Å². The predicted octanol–water partition coefficient (Wildman–Crippen LogP) is 21.1. The second kappa shape index (κ2) is 40.9. The number of ether oxygens (including phenoxy) is 2. The number of nitrogens with one attached hydrogen (secondary N) is 6. The van der Waals surface area contributed by atoms with Crippen molar-refractivity contribution in [2.75, 3.05) is 39.5 Å². The van der Waals surface area contributed by atoms with Crippen molar-refractivity contribution in [3.8, 4) is 174 Å². The molecule has 25 aromatic rings. The first-order valence-electron chi connectivity index (χ1n) is 45.5. The molecule has 1 aliphatic rings. The van der Waals surface area contributed by atoms with E-state index in [0.717, 1.165) is 212 Å². The Morgan fingerprint density at radius 2 is 0.741 bits per heavy atom. The Morgan fingerprint density at radius 1 is 0.371 bits per heavy atom. The van der Waals surface area contributed by atoms with Crippen molar-refractivity contribution in [1.82, 2.24) is 154 Å². The molecular weight excluding hydrogens is 1940 g/mol. The number of aliphatic hydroxyl groups is 1. The number of aryl methyl sites for hydroxylation is 6. The van der Waals surface area contributed by atoms with Crippen molar-refractivity contribution >= 4 is 106 Å². The molecule has 0 bridgehead atoms. The first kappa shape index (κ1) is 91.7. The number of aromatic nitrogens is 30. The molecule has 1 saturated heterocycles. The van der Waals surface area contributed by atoms with E-state index in [1.165, 1.54) is 75.1 Å². The monoisotopic (exact) mass is 2020 g/mol. The fourth-order valence-electron chi connectivity index (χ4n) is 17.0. The summed E-state index contributed by atoms with van der Waals surface area (Å²) >= 11 is 11.2. The molecule has 0 unspecified atom stereocenters. The van der Waals surface area contributed by atoms with E-state index in [1.54, 1.807) is 80.3 Å². The van der Waals surface area contributed by atoms with Crippen molar-refractivity contribution in [2.45, 2.75) is 60.8 Å². The molecule has 0 atom stereocenters. The van der Waals surface area contributed by atoms with E-state index < -0.39 is 0 Å². The normalized spacial score (nSPS) is 12.1. The van der Waals surface area contributed by atoms with Crippen molar-refractivity contribution < 1.29 is 14.6 Å². The lowest BCUT2D eigenvalue weighted by Crippen LogP contribution is -2.33. The van der Waals surface area contributed by atoms with E-state index >= 15 is 0 Å². The number of nitrogens with zero attached hydrogens (tertiary/aromatic N) is 25. The van der Waals surface area contributed by atoms with Gasteiger partial charge in [-0.05, 0) is 79.6 Å². The van der Waals surface area contributed by atoms with Gasteiger partial charge in [0.05, 0.1) is 122 Å². The van der Waals surface area contributed by atoms with Gasteiger partial charge < -0.3 is 14.6 Å². The van der Waals surface area contributed by atoms with Crippen molar-refractivity contribution in [1.29, 1.82) is 0 Å². The summed E-state index contributed by atoms with van der Waals surface area (Å²) in [5.74, 6) is 5.79. The van der Waals surface area contributed by atoms with Gasteiger partial charge in [-0.1, -0.05) is 158 Å². The van der Waals surface area contributed by atoms with E-state index in [1.807, 2.05) is 233 Å². The molecule has 0 amide bonds. The van der Waals surface area contributed by atoms with Crippen LogP contribution in [-0.4, -0.2) is 198 Å². The summed E-state index contributed by atoms with van der Waals surface area (Å²) in [5.41, 5.74) is 21.9. The molecule has 710 valence electrons. The molecule has 1 fully saturated rings. The Kier molecular flexibility index (Phi) is 26.2. The number of pyridine rings is 3. The van der Waals surface area contributed by atoms with Gasteiger partial charge in [0.25, 0.3) is 0 Å². The van der Waals surface area contributed by atoms with Gasteiger partial charge in [-0.2, -0.15) is 45.9 Å². The van der Waals surface area contributed by atoms with Crippen LogP contribution in [0.1, 0.15) is 53.6 Å². The minimum Gasteiger partial charge on any atom is -0.492 e. The fraction of sp³-hybridized carbons (Fsp3) is 0.149. The van der Waals surface area contributed by atoms with E-state index in [-0.39, 0.29) is 18.6 Å². The third kappa shape index (κ3) is 19.0. The Hall–Kier alpha value is -16.3. The Labute approximate surface area is 841 Å². The summed E-state index contributed by atoms with van der Waals surface area (Å²) < 4.78 is 21.1. The molecule has 26 rings (SSSR count). The largest absolute Gasteiger partial charge is 0.492 e. The van der Waals surface area contributed by atoms with Crippen LogP contribution < -0.4 is 14.9 Å². The van der Waals surface area contributed by atoms with Gasteiger partial charge in [0, 0.05) is 106 Å². The number of H-pyrrole nitrogens is 6. The maximum Gasteiger partial charge on any atom is 0.193 e. The summed E-state index contributed by atoms with van der Waals surface area (Å²) in [6.45, 7) is 16.1. The summed E-state index contributed by atoms with van der Waals surface area (Å²) in [6, 6.07) is 61.4. The molecule has 35 nitrogen and oxygen atoms in total. The number of rotatable bonds is 22. The van der Waals surface area contributed by atoms with Gasteiger partial charge in [0.1, 0.15) is 95.4 Å². The summed E-state index contributed by atoms with van der Waals surface area (Å²) in [4.78, 5) is 68.1. The maximum absolute atomic E-state index is 11.9. The number of likely N-dealkylation sites (tertiary alicyclic amines) is 1. The van der Waals surface area contributed by atoms with Crippen molar-refractivity contribution in [3.63, 3.8) is 0 Å². The van der Waals surface area contributed by atoms with Crippen LogP contribution in [0.4, 0.5) is 0 Å². The molecule has 21 heterocycles. The Morgan fingerprint density at radius 3 is 1.13 bits per heavy atom. The van der Waals surface area contributed by atoms with Crippen LogP contribution in [0.15, 0.2) is 260 Å². The number of fused-ring (bicyclic) bond motifs is 5. The molecule has 143 heavy (non-hydrogen) atoms. The highest BCUT2D eigenvalue weighted by molar-refractivity contribution is 7.21. The second-order valence-corrected chi connectivity index (χ2v) is 39.8. The zero-order valence-corrected chi connectivity index (χ0v) is 83.0. The van der Waals surface area contributed by atoms with Crippen LogP contribution in [0.3, 0.4) is 0 Å². The standard InChI is InChI=1S/C26H27N7OS.C21H18N6O2S.C19H14N6OS.C18H14N6S2.C17H12N6S2/c1-18-22(21-16-20(10-13-33(21)31-18)34-15-14-32-11-6-3-7-12-32)26-29-23(19-8-4-2-5-9-19)24(35-26)25-27-17-28-30-25;1-13-17(16-11-15(29-10-9-28)7-8-27(16)26-13)21-24-18(14-5-3-2-4-6-14)19(30-21)20-22-12-23-25-20;1-11-15(14-9-13(26)7-8-25(14)24-11)19-22-16(12-5-3-2-4-6-12)17(27-19)18-20-10-21-23-18;1-10-13(18-24(23-10)8-9-25-18)17-20-14(12-6-4-3-5-7-12)15(26-17)16-19-11(2)21-22-16;1-10-12(17-23(22-10)7-8-24-17)16-20-13(11-5-3-2-4-6-11)14(25-16)15-18-9-19-21-15/h2,4-5,8-10,13,16-17H,3,6-7,11-12,14-15H2,1H3,(H,27,28,30);2-8,11-12,28H,9-10H2,1H3,(H,22,23,25);2-10,24H,1H3,(H,20,21,23);3-9H,1-2H3,(H,19,21,22);2-9H,1H3,(H,18,19,21). The smallest absolute Gasteiger partial charge is 0.193 e. The summed E-state index contributed by atoms with van der Waals surface area (Å²) in [6.07, 6.45) is 19.4. The minimum atomic E-state index is -0.0379. The third-order valence-corrected chi connectivity index (χ3v) is 30.6. The molecule has 7 N–H and O–H groups in total.